The highest BCUT2D eigenvalue weighted by Crippen LogP contribution is 2.31. The number of hydrogen-bond acceptors (Lipinski definition) is 7. The van der Waals surface area contributed by atoms with Crippen molar-refractivity contribution in [1.29, 1.82) is 0 Å². The Hall–Kier alpha value is -2.71. The SMILES string of the molecule is CCC(C)OC(=O)CN1C(=O)COc2ccc([N+](=O)[O-])nc21. The molecule has 0 saturated carbocycles. The van der Waals surface area contributed by atoms with Crippen molar-refractivity contribution in [2.75, 3.05) is 18.1 Å². The lowest BCUT2D eigenvalue weighted by Crippen LogP contribution is -2.43. The van der Waals surface area contributed by atoms with Gasteiger partial charge >= 0.3 is 11.8 Å². The zero-order chi connectivity index (χ0) is 16.3. The van der Waals surface area contributed by atoms with Crippen LogP contribution in [0.25, 0.3) is 0 Å². The number of carbonyl (C=O) groups is 2. The topological polar surface area (TPSA) is 112 Å². The molecular weight excluding hydrogens is 294 g/mol. The summed E-state index contributed by atoms with van der Waals surface area (Å²) in [7, 11) is 0. The zero-order valence-electron chi connectivity index (χ0n) is 12.1. The van der Waals surface area contributed by atoms with Crippen molar-refractivity contribution < 1.29 is 24.0 Å². The fraction of sp³-hybridized carbons (Fsp3) is 0.462. The van der Waals surface area contributed by atoms with Crippen molar-refractivity contribution in [2.45, 2.75) is 26.4 Å². The van der Waals surface area contributed by atoms with E-state index in [1.54, 1.807) is 6.92 Å². The van der Waals surface area contributed by atoms with E-state index in [4.69, 9.17) is 9.47 Å². The van der Waals surface area contributed by atoms with Gasteiger partial charge in [0.15, 0.2) is 12.4 Å². The van der Waals surface area contributed by atoms with Crippen LogP contribution in [0, 0.1) is 10.1 Å². The third kappa shape index (κ3) is 3.30. The molecule has 0 fully saturated rings. The van der Waals surface area contributed by atoms with E-state index in [9.17, 15) is 19.7 Å². The molecule has 0 spiro atoms. The number of pyridine rings is 1. The Bertz CT molecular complexity index is 618. The first kappa shape index (κ1) is 15.7. The monoisotopic (exact) mass is 309 g/mol. The fourth-order valence-corrected chi connectivity index (χ4v) is 1.81. The van der Waals surface area contributed by atoms with Gasteiger partial charge in [0.05, 0.1) is 6.10 Å². The number of fused-ring (bicyclic) bond motifs is 1. The van der Waals surface area contributed by atoms with Gasteiger partial charge in [-0.2, -0.15) is 0 Å². The Morgan fingerprint density at radius 3 is 2.95 bits per heavy atom. The van der Waals surface area contributed by atoms with E-state index in [0.29, 0.717) is 6.42 Å². The number of amides is 1. The van der Waals surface area contributed by atoms with Crippen molar-refractivity contribution in [3.05, 3.63) is 22.2 Å². The van der Waals surface area contributed by atoms with Gasteiger partial charge in [0, 0.05) is 6.07 Å². The van der Waals surface area contributed by atoms with E-state index >= 15 is 0 Å². The second kappa shape index (κ2) is 6.37. The lowest BCUT2D eigenvalue weighted by atomic mass is 10.3. The van der Waals surface area contributed by atoms with Crippen LogP contribution in [-0.4, -0.2) is 41.0 Å². The highest BCUT2D eigenvalue weighted by atomic mass is 16.6. The molecule has 1 unspecified atom stereocenters. The van der Waals surface area contributed by atoms with Gasteiger partial charge < -0.3 is 19.6 Å². The summed E-state index contributed by atoms with van der Waals surface area (Å²) in [6.07, 6.45) is 0.365. The molecule has 2 heterocycles. The van der Waals surface area contributed by atoms with Crippen LogP contribution in [0.2, 0.25) is 0 Å². The largest absolute Gasteiger partial charge is 0.477 e. The van der Waals surface area contributed by atoms with E-state index in [-0.39, 0.29) is 30.8 Å². The first-order valence-electron chi connectivity index (χ1n) is 6.70. The van der Waals surface area contributed by atoms with Crippen molar-refractivity contribution in [3.8, 4) is 5.75 Å². The molecule has 0 radical (unpaired) electrons. The third-order valence-electron chi connectivity index (χ3n) is 3.11. The number of anilines is 1. The second-order valence-electron chi connectivity index (χ2n) is 4.73. The Morgan fingerprint density at radius 1 is 1.59 bits per heavy atom. The van der Waals surface area contributed by atoms with Crippen molar-refractivity contribution in [2.24, 2.45) is 0 Å². The lowest BCUT2D eigenvalue weighted by molar-refractivity contribution is -0.389. The molecule has 1 aliphatic rings. The Morgan fingerprint density at radius 2 is 2.32 bits per heavy atom. The Balaban J connectivity index is 2.25. The summed E-state index contributed by atoms with van der Waals surface area (Å²) in [5.41, 5.74) is 0. The summed E-state index contributed by atoms with van der Waals surface area (Å²) < 4.78 is 10.3. The molecule has 9 nitrogen and oxygen atoms in total. The van der Waals surface area contributed by atoms with Crippen molar-refractivity contribution in [3.63, 3.8) is 0 Å². The summed E-state index contributed by atoms with van der Waals surface area (Å²) in [5, 5.41) is 10.8. The number of nitro groups is 1. The standard InChI is InChI=1S/C13H15N3O6/c1-3-8(2)22-12(18)6-15-11(17)7-21-9-4-5-10(16(19)20)14-13(9)15/h4-5,8H,3,6-7H2,1-2H3. The maximum Gasteiger partial charge on any atom is 0.366 e. The van der Waals surface area contributed by atoms with Gasteiger partial charge in [-0.05, 0) is 29.3 Å². The van der Waals surface area contributed by atoms with E-state index in [2.05, 4.69) is 4.98 Å². The average molecular weight is 309 g/mol. The normalized spacial score (nSPS) is 14.8. The first-order valence-corrected chi connectivity index (χ1v) is 6.70. The van der Waals surface area contributed by atoms with Crippen LogP contribution < -0.4 is 9.64 Å². The third-order valence-corrected chi connectivity index (χ3v) is 3.11. The molecule has 2 rings (SSSR count). The number of ether oxygens (including phenoxy) is 2. The number of nitrogens with zero attached hydrogens (tertiary/aromatic N) is 3. The van der Waals surface area contributed by atoms with Crippen LogP contribution in [0.3, 0.4) is 0 Å². The van der Waals surface area contributed by atoms with E-state index in [1.807, 2.05) is 6.92 Å². The highest BCUT2D eigenvalue weighted by molar-refractivity contribution is 6.00. The number of rotatable bonds is 5. The molecule has 1 aromatic heterocycles. The van der Waals surface area contributed by atoms with Gasteiger partial charge in [0.1, 0.15) is 6.54 Å². The molecule has 22 heavy (non-hydrogen) atoms. The van der Waals surface area contributed by atoms with Crippen LogP contribution >= 0.6 is 0 Å². The molecule has 0 bridgehead atoms. The smallest absolute Gasteiger partial charge is 0.366 e. The molecular formula is C13H15N3O6. The fourth-order valence-electron chi connectivity index (χ4n) is 1.81. The van der Waals surface area contributed by atoms with Crippen LogP contribution in [0.4, 0.5) is 11.6 Å². The van der Waals surface area contributed by atoms with Gasteiger partial charge in [-0.1, -0.05) is 6.92 Å². The molecule has 0 aromatic carbocycles. The van der Waals surface area contributed by atoms with Gasteiger partial charge in [0.2, 0.25) is 0 Å². The summed E-state index contributed by atoms with van der Waals surface area (Å²) in [5.74, 6) is -1.39. The van der Waals surface area contributed by atoms with Crippen LogP contribution in [-0.2, 0) is 14.3 Å². The first-order chi connectivity index (χ1) is 10.4. The summed E-state index contributed by atoms with van der Waals surface area (Å²) >= 11 is 0. The number of hydrogen-bond donors (Lipinski definition) is 0. The minimum absolute atomic E-state index is 0.0495. The average Bonchev–Trinajstić information content (AvgIpc) is 2.49. The van der Waals surface area contributed by atoms with E-state index < -0.39 is 22.6 Å². The van der Waals surface area contributed by atoms with E-state index in [1.165, 1.54) is 12.1 Å². The predicted molar refractivity (Wildman–Crippen MR) is 74.6 cm³/mol. The zero-order valence-corrected chi connectivity index (χ0v) is 12.1. The predicted octanol–water partition coefficient (Wildman–Crippen LogP) is 1.06. The minimum Gasteiger partial charge on any atom is -0.477 e. The van der Waals surface area contributed by atoms with Crippen LogP contribution in [0.5, 0.6) is 5.75 Å². The minimum atomic E-state index is -0.685. The van der Waals surface area contributed by atoms with Crippen LogP contribution in [0.15, 0.2) is 12.1 Å². The second-order valence-corrected chi connectivity index (χ2v) is 4.73. The summed E-state index contributed by atoms with van der Waals surface area (Å²) in [6, 6.07) is 2.52. The quantitative estimate of drug-likeness (QED) is 0.454. The Kier molecular flexibility index (Phi) is 4.54. The maximum absolute atomic E-state index is 11.9. The van der Waals surface area contributed by atoms with E-state index in [0.717, 1.165) is 4.90 Å². The highest BCUT2D eigenvalue weighted by Gasteiger charge is 2.34. The Labute approximate surface area is 126 Å². The van der Waals surface area contributed by atoms with Crippen LogP contribution in [0.1, 0.15) is 20.3 Å². The summed E-state index contributed by atoms with van der Waals surface area (Å²) in [6.45, 7) is 2.96. The summed E-state index contributed by atoms with van der Waals surface area (Å²) in [4.78, 5) is 38.7. The molecule has 9 heteroatoms. The number of aromatic nitrogens is 1. The van der Waals surface area contributed by atoms with Gasteiger partial charge in [-0.25, -0.2) is 0 Å². The molecule has 118 valence electrons. The van der Waals surface area contributed by atoms with Gasteiger partial charge in [0.25, 0.3) is 11.7 Å². The molecule has 1 aromatic rings. The molecule has 1 aliphatic heterocycles. The molecule has 0 N–H and O–H groups in total. The number of esters is 1. The molecule has 0 saturated heterocycles. The van der Waals surface area contributed by atoms with Crippen molar-refractivity contribution in [1.82, 2.24) is 4.98 Å². The maximum atomic E-state index is 11.9. The molecule has 1 atom stereocenters. The van der Waals surface area contributed by atoms with Gasteiger partial charge in [-0.15, -0.1) is 0 Å². The number of carbonyl (C=O) groups excluding carboxylic acids is 2. The van der Waals surface area contributed by atoms with Crippen molar-refractivity contribution >= 4 is 23.5 Å². The van der Waals surface area contributed by atoms with Gasteiger partial charge in [-0.3, -0.25) is 14.5 Å². The molecule has 1 amide bonds. The lowest BCUT2D eigenvalue weighted by Gasteiger charge is -2.25. The molecule has 0 aliphatic carbocycles.